The number of aromatic nitrogens is 2. The van der Waals surface area contributed by atoms with Crippen molar-refractivity contribution in [3.8, 4) is 11.3 Å². The first-order valence-corrected chi connectivity index (χ1v) is 7.34. The van der Waals surface area contributed by atoms with Gasteiger partial charge in [0.2, 0.25) is 0 Å². The lowest BCUT2D eigenvalue weighted by atomic mass is 10.1. The number of benzene rings is 1. The Balaban J connectivity index is 0.00000242. The quantitative estimate of drug-likeness (QED) is 0.921. The monoisotopic (exact) mass is 321 g/mol. The van der Waals surface area contributed by atoms with Gasteiger partial charge in [-0.15, -0.1) is 12.4 Å². The molecule has 0 aliphatic rings. The van der Waals surface area contributed by atoms with E-state index in [0.29, 0.717) is 19.0 Å². The third-order valence-corrected chi connectivity index (χ3v) is 3.30. The Morgan fingerprint density at radius 3 is 2.41 bits per heavy atom. The first-order valence-electron chi connectivity index (χ1n) is 7.34. The highest BCUT2D eigenvalue weighted by Gasteiger charge is 2.10. The number of rotatable bonds is 5. The molecule has 4 nitrogen and oxygen atoms in total. The maximum absolute atomic E-state index is 12.4. The molecule has 0 aliphatic carbocycles. The third kappa shape index (κ3) is 4.42. The smallest absolute Gasteiger partial charge is 0.271 e. The fraction of sp³-hybridized carbons (Fsp3) is 0.412. The van der Waals surface area contributed by atoms with Gasteiger partial charge in [0.05, 0.1) is 5.69 Å². The number of hydrogen-bond donors (Lipinski definition) is 1. The summed E-state index contributed by atoms with van der Waals surface area (Å²) in [7, 11) is 1.85. The van der Waals surface area contributed by atoms with Crippen LogP contribution in [0.4, 0.5) is 0 Å². The fourth-order valence-corrected chi connectivity index (χ4v) is 2.25. The van der Waals surface area contributed by atoms with Gasteiger partial charge in [0.15, 0.2) is 0 Å². The molecule has 0 radical (unpaired) electrons. The minimum atomic E-state index is -0.00564. The van der Waals surface area contributed by atoms with Crippen LogP contribution in [0.1, 0.15) is 25.0 Å². The molecule has 5 heteroatoms. The highest BCUT2D eigenvalue weighted by molar-refractivity contribution is 5.85. The lowest BCUT2D eigenvalue weighted by Crippen LogP contribution is -2.30. The molecule has 120 valence electrons. The molecule has 2 rings (SSSR count). The zero-order valence-corrected chi connectivity index (χ0v) is 14.4. The molecule has 22 heavy (non-hydrogen) atoms. The van der Waals surface area contributed by atoms with Crippen molar-refractivity contribution in [3.63, 3.8) is 0 Å². The van der Waals surface area contributed by atoms with Crippen molar-refractivity contribution in [2.75, 3.05) is 7.05 Å². The van der Waals surface area contributed by atoms with Crippen molar-refractivity contribution in [3.05, 3.63) is 51.8 Å². The van der Waals surface area contributed by atoms with Crippen LogP contribution in [0.3, 0.4) is 0 Å². The van der Waals surface area contributed by atoms with Gasteiger partial charge in [0.1, 0.15) is 0 Å². The zero-order valence-electron chi connectivity index (χ0n) is 13.6. The van der Waals surface area contributed by atoms with E-state index in [9.17, 15) is 4.79 Å². The van der Waals surface area contributed by atoms with Crippen molar-refractivity contribution in [1.29, 1.82) is 0 Å². The van der Waals surface area contributed by atoms with Crippen LogP contribution in [0.25, 0.3) is 11.3 Å². The molecule has 1 aromatic carbocycles. The number of aryl methyl sites for hydroxylation is 1. The summed E-state index contributed by atoms with van der Waals surface area (Å²) >= 11 is 0. The number of nitrogens with zero attached hydrogens (tertiary/aromatic N) is 2. The topological polar surface area (TPSA) is 46.9 Å². The molecule has 0 amide bonds. The second-order valence-electron chi connectivity index (χ2n) is 5.83. The Morgan fingerprint density at radius 2 is 1.86 bits per heavy atom. The molecule has 0 fully saturated rings. The van der Waals surface area contributed by atoms with E-state index in [-0.39, 0.29) is 18.0 Å². The SMILES string of the molecule is CNCc1cc(-c2ccc(C)cc2)nn(CC(C)C)c1=O.Cl. The summed E-state index contributed by atoms with van der Waals surface area (Å²) in [6.07, 6.45) is 0. The molecule has 0 saturated heterocycles. The number of hydrogen-bond acceptors (Lipinski definition) is 3. The van der Waals surface area contributed by atoms with Crippen molar-refractivity contribution in [1.82, 2.24) is 15.1 Å². The lowest BCUT2D eigenvalue weighted by molar-refractivity contribution is 0.461. The highest BCUT2D eigenvalue weighted by Crippen LogP contribution is 2.17. The van der Waals surface area contributed by atoms with Gasteiger partial charge in [-0.25, -0.2) is 4.68 Å². The largest absolute Gasteiger partial charge is 0.315 e. The van der Waals surface area contributed by atoms with Gasteiger partial charge in [-0.3, -0.25) is 4.79 Å². The zero-order chi connectivity index (χ0) is 15.4. The molecule has 1 N–H and O–H groups in total. The Kier molecular flexibility index (Phi) is 6.78. The van der Waals surface area contributed by atoms with E-state index in [0.717, 1.165) is 16.8 Å². The number of nitrogens with one attached hydrogen (secondary N) is 1. The average molecular weight is 322 g/mol. The molecule has 2 aromatic rings. The van der Waals surface area contributed by atoms with Gasteiger partial charge >= 0.3 is 0 Å². The predicted octanol–water partition coefficient (Wildman–Crippen LogP) is 3.02. The molecule has 0 saturated carbocycles. The molecule has 0 unspecified atom stereocenters. The Bertz CT molecular complexity index is 663. The van der Waals surface area contributed by atoms with E-state index in [2.05, 4.69) is 43.3 Å². The van der Waals surface area contributed by atoms with Crippen LogP contribution >= 0.6 is 12.4 Å². The van der Waals surface area contributed by atoms with Crippen LogP contribution in [0, 0.1) is 12.8 Å². The molecular weight excluding hydrogens is 298 g/mol. The van der Waals surface area contributed by atoms with Crippen LogP contribution in [0.5, 0.6) is 0 Å². The molecule has 0 bridgehead atoms. The van der Waals surface area contributed by atoms with E-state index in [1.807, 2.05) is 25.2 Å². The molecule has 0 spiro atoms. The van der Waals surface area contributed by atoms with Crippen molar-refractivity contribution in [2.45, 2.75) is 33.9 Å². The maximum atomic E-state index is 12.4. The molecular formula is C17H24ClN3O. The van der Waals surface area contributed by atoms with E-state index in [1.54, 1.807) is 4.68 Å². The minimum absolute atomic E-state index is 0. The average Bonchev–Trinajstić information content (AvgIpc) is 2.43. The van der Waals surface area contributed by atoms with E-state index < -0.39 is 0 Å². The van der Waals surface area contributed by atoms with Crippen LogP contribution in [-0.2, 0) is 13.1 Å². The summed E-state index contributed by atoms with van der Waals surface area (Å²) in [5.74, 6) is 0.380. The lowest BCUT2D eigenvalue weighted by Gasteiger charge is -2.12. The van der Waals surface area contributed by atoms with Gasteiger partial charge < -0.3 is 5.32 Å². The molecule has 1 aromatic heterocycles. The standard InChI is InChI=1S/C17H23N3O.ClH/c1-12(2)11-20-17(21)15(10-18-4)9-16(19-20)14-7-5-13(3)6-8-14;/h5-9,12,18H,10-11H2,1-4H3;1H. The van der Waals surface area contributed by atoms with Crippen LogP contribution < -0.4 is 10.9 Å². The second kappa shape index (κ2) is 8.11. The third-order valence-electron chi connectivity index (χ3n) is 3.30. The Labute approximate surface area is 138 Å². The van der Waals surface area contributed by atoms with Crippen molar-refractivity contribution >= 4 is 12.4 Å². The van der Waals surface area contributed by atoms with Crippen LogP contribution in [-0.4, -0.2) is 16.8 Å². The van der Waals surface area contributed by atoms with Crippen molar-refractivity contribution < 1.29 is 0 Å². The first kappa shape index (κ1) is 18.4. The highest BCUT2D eigenvalue weighted by atomic mass is 35.5. The Morgan fingerprint density at radius 1 is 1.23 bits per heavy atom. The van der Waals surface area contributed by atoms with Gasteiger partial charge in [0, 0.05) is 24.2 Å². The summed E-state index contributed by atoms with van der Waals surface area (Å²) in [6, 6.07) is 10.1. The normalized spacial score (nSPS) is 10.6. The molecule has 0 atom stereocenters. The Hall–Kier alpha value is -1.65. The summed E-state index contributed by atoms with van der Waals surface area (Å²) in [5, 5.41) is 7.58. The van der Waals surface area contributed by atoms with E-state index >= 15 is 0 Å². The minimum Gasteiger partial charge on any atom is -0.315 e. The first-order chi connectivity index (χ1) is 10.0. The fourth-order valence-electron chi connectivity index (χ4n) is 2.25. The van der Waals surface area contributed by atoms with E-state index in [1.165, 1.54) is 5.56 Å². The van der Waals surface area contributed by atoms with Crippen molar-refractivity contribution in [2.24, 2.45) is 5.92 Å². The van der Waals surface area contributed by atoms with Gasteiger partial charge in [0.25, 0.3) is 5.56 Å². The number of halogens is 1. The van der Waals surface area contributed by atoms with Gasteiger partial charge in [-0.05, 0) is 26.0 Å². The summed E-state index contributed by atoms with van der Waals surface area (Å²) in [6.45, 7) is 7.42. The van der Waals surface area contributed by atoms with Crippen LogP contribution in [0.15, 0.2) is 35.1 Å². The van der Waals surface area contributed by atoms with Crippen LogP contribution in [0.2, 0.25) is 0 Å². The van der Waals surface area contributed by atoms with Gasteiger partial charge in [-0.1, -0.05) is 43.7 Å². The summed E-state index contributed by atoms with van der Waals surface area (Å²) < 4.78 is 1.59. The molecule has 0 aliphatic heterocycles. The predicted molar refractivity (Wildman–Crippen MR) is 93.5 cm³/mol. The van der Waals surface area contributed by atoms with Gasteiger partial charge in [-0.2, -0.15) is 5.10 Å². The maximum Gasteiger partial charge on any atom is 0.271 e. The van der Waals surface area contributed by atoms with E-state index in [4.69, 9.17) is 0 Å². The molecule has 1 heterocycles. The second-order valence-corrected chi connectivity index (χ2v) is 5.83. The summed E-state index contributed by atoms with van der Waals surface area (Å²) in [4.78, 5) is 12.4. The summed E-state index contributed by atoms with van der Waals surface area (Å²) in [5.41, 5.74) is 3.85.